The molecule has 0 aliphatic carbocycles. The fraction of sp³-hybridized carbons (Fsp3) is 0.250. The Bertz CT molecular complexity index is 911. The van der Waals surface area contributed by atoms with E-state index in [0.717, 1.165) is 41.0 Å². The number of para-hydroxylation sites is 1. The van der Waals surface area contributed by atoms with E-state index >= 15 is 0 Å². The van der Waals surface area contributed by atoms with Crippen molar-refractivity contribution in [3.8, 4) is 11.5 Å². The van der Waals surface area contributed by atoms with Crippen LogP contribution in [-0.4, -0.2) is 13.7 Å². The summed E-state index contributed by atoms with van der Waals surface area (Å²) in [6, 6.07) is 22.7. The molecule has 0 bridgehead atoms. The number of ether oxygens (including phenoxy) is 2. The van der Waals surface area contributed by atoms with E-state index in [1.807, 2.05) is 30.3 Å². The predicted molar refractivity (Wildman–Crippen MR) is 118 cm³/mol. The van der Waals surface area contributed by atoms with Crippen molar-refractivity contribution in [2.45, 2.75) is 26.5 Å². The number of methoxy groups -OCH3 is 1. The zero-order valence-electron chi connectivity index (χ0n) is 16.4. The first-order valence-electron chi connectivity index (χ1n) is 9.45. The molecule has 0 aliphatic rings. The largest absolute Gasteiger partial charge is 0.496 e. The highest BCUT2D eigenvalue weighted by molar-refractivity contribution is 9.10. The van der Waals surface area contributed by atoms with Crippen molar-refractivity contribution in [2.75, 3.05) is 13.7 Å². The molecule has 3 nitrogen and oxygen atoms in total. The highest BCUT2D eigenvalue weighted by Crippen LogP contribution is 2.24. The second kappa shape index (κ2) is 10.3. The van der Waals surface area contributed by atoms with Crippen molar-refractivity contribution in [3.63, 3.8) is 0 Å². The maximum atomic E-state index is 6.10. The summed E-state index contributed by atoms with van der Waals surface area (Å²) in [4.78, 5) is 0. The van der Waals surface area contributed by atoms with Gasteiger partial charge in [0.15, 0.2) is 0 Å². The van der Waals surface area contributed by atoms with E-state index in [2.05, 4.69) is 64.6 Å². The second-order valence-electron chi connectivity index (χ2n) is 6.77. The molecule has 0 unspecified atom stereocenters. The highest BCUT2D eigenvalue weighted by atomic mass is 79.9. The molecule has 3 rings (SSSR count). The number of hydrogen-bond donors (Lipinski definition) is 1. The van der Waals surface area contributed by atoms with Crippen LogP contribution >= 0.6 is 15.9 Å². The molecule has 1 N–H and O–H groups in total. The smallest absolute Gasteiger partial charge is 0.124 e. The lowest BCUT2D eigenvalue weighted by Gasteiger charge is -2.14. The molecule has 0 aromatic heterocycles. The quantitative estimate of drug-likeness (QED) is 0.435. The molecular formula is C24H26BrNO2. The van der Waals surface area contributed by atoms with Gasteiger partial charge in [-0.2, -0.15) is 0 Å². The Kier molecular flexibility index (Phi) is 7.52. The van der Waals surface area contributed by atoms with E-state index in [1.165, 1.54) is 16.7 Å². The third kappa shape index (κ3) is 5.85. The Hall–Kier alpha value is -2.30. The summed E-state index contributed by atoms with van der Waals surface area (Å²) >= 11 is 3.57. The minimum Gasteiger partial charge on any atom is -0.496 e. The number of rotatable bonds is 9. The third-order valence-corrected chi connectivity index (χ3v) is 5.07. The molecule has 0 fully saturated rings. The second-order valence-corrected chi connectivity index (χ2v) is 7.68. The zero-order valence-corrected chi connectivity index (χ0v) is 18.0. The standard InChI is InChI=1S/C24H26BrNO2/c1-18-6-5-7-19(14-18)17-28-24-11-10-22(25)15-21(24)16-26-13-12-20-8-3-4-9-23(20)27-2/h3-11,14-15,26H,12-13,16-17H2,1-2H3. The molecule has 0 heterocycles. The van der Waals surface area contributed by atoms with Gasteiger partial charge in [0, 0.05) is 16.6 Å². The molecule has 3 aromatic rings. The van der Waals surface area contributed by atoms with Gasteiger partial charge < -0.3 is 14.8 Å². The van der Waals surface area contributed by atoms with Crippen molar-refractivity contribution >= 4 is 15.9 Å². The van der Waals surface area contributed by atoms with Gasteiger partial charge in [-0.3, -0.25) is 0 Å². The third-order valence-electron chi connectivity index (χ3n) is 4.58. The molecule has 0 saturated heterocycles. The molecule has 0 atom stereocenters. The average molecular weight is 440 g/mol. The van der Waals surface area contributed by atoms with Crippen molar-refractivity contribution in [1.82, 2.24) is 5.32 Å². The first-order valence-corrected chi connectivity index (χ1v) is 10.2. The summed E-state index contributed by atoms with van der Waals surface area (Å²) in [5.41, 5.74) is 4.78. The Morgan fingerprint density at radius 1 is 0.893 bits per heavy atom. The number of halogens is 1. The molecule has 0 amide bonds. The van der Waals surface area contributed by atoms with E-state index in [0.29, 0.717) is 6.61 Å². The van der Waals surface area contributed by atoms with Crippen LogP contribution in [-0.2, 0) is 19.6 Å². The first-order chi connectivity index (χ1) is 13.7. The Balaban J connectivity index is 1.58. The molecule has 0 saturated carbocycles. The van der Waals surface area contributed by atoms with Gasteiger partial charge in [-0.25, -0.2) is 0 Å². The zero-order chi connectivity index (χ0) is 19.8. The number of nitrogens with one attached hydrogen (secondary N) is 1. The predicted octanol–water partition coefficient (Wildman–Crippen LogP) is 5.68. The molecule has 0 spiro atoms. The van der Waals surface area contributed by atoms with E-state index in [4.69, 9.17) is 9.47 Å². The van der Waals surface area contributed by atoms with Crippen LogP contribution < -0.4 is 14.8 Å². The summed E-state index contributed by atoms with van der Waals surface area (Å²) in [5, 5.41) is 3.52. The SMILES string of the molecule is COc1ccccc1CCNCc1cc(Br)ccc1OCc1cccc(C)c1. The highest BCUT2D eigenvalue weighted by Gasteiger charge is 2.07. The van der Waals surface area contributed by atoms with E-state index in [9.17, 15) is 0 Å². The Labute approximate surface area is 175 Å². The fourth-order valence-corrected chi connectivity index (χ4v) is 3.55. The van der Waals surface area contributed by atoms with Crippen LogP contribution in [0.5, 0.6) is 11.5 Å². The molecule has 4 heteroatoms. The summed E-state index contributed by atoms with van der Waals surface area (Å²) in [5.74, 6) is 1.85. The summed E-state index contributed by atoms with van der Waals surface area (Å²) in [7, 11) is 1.71. The van der Waals surface area contributed by atoms with Crippen LogP contribution in [0.1, 0.15) is 22.3 Å². The van der Waals surface area contributed by atoms with Gasteiger partial charge in [0.1, 0.15) is 18.1 Å². The Morgan fingerprint density at radius 3 is 2.57 bits per heavy atom. The van der Waals surface area contributed by atoms with Crippen LogP contribution in [0.25, 0.3) is 0 Å². The number of benzene rings is 3. The minimum absolute atomic E-state index is 0.567. The van der Waals surface area contributed by atoms with Crippen LogP contribution in [0.4, 0.5) is 0 Å². The molecule has 146 valence electrons. The minimum atomic E-state index is 0.567. The lowest BCUT2D eigenvalue weighted by Crippen LogP contribution is -2.17. The van der Waals surface area contributed by atoms with Crippen LogP contribution in [0.2, 0.25) is 0 Å². The summed E-state index contributed by atoms with van der Waals surface area (Å²) < 4.78 is 12.6. The van der Waals surface area contributed by atoms with Gasteiger partial charge in [0.25, 0.3) is 0 Å². The molecule has 3 aromatic carbocycles. The number of hydrogen-bond acceptors (Lipinski definition) is 3. The van der Waals surface area contributed by atoms with Crippen LogP contribution in [0, 0.1) is 6.92 Å². The average Bonchev–Trinajstić information content (AvgIpc) is 2.71. The monoisotopic (exact) mass is 439 g/mol. The van der Waals surface area contributed by atoms with Crippen molar-refractivity contribution in [3.05, 3.63) is 93.5 Å². The topological polar surface area (TPSA) is 30.5 Å². The fourth-order valence-electron chi connectivity index (χ4n) is 3.15. The number of aryl methyl sites for hydroxylation is 1. The lowest BCUT2D eigenvalue weighted by atomic mass is 10.1. The van der Waals surface area contributed by atoms with E-state index in [-0.39, 0.29) is 0 Å². The van der Waals surface area contributed by atoms with Gasteiger partial charge >= 0.3 is 0 Å². The summed E-state index contributed by atoms with van der Waals surface area (Å²) in [6.07, 6.45) is 0.914. The van der Waals surface area contributed by atoms with Crippen molar-refractivity contribution in [2.24, 2.45) is 0 Å². The van der Waals surface area contributed by atoms with Gasteiger partial charge in [0.2, 0.25) is 0 Å². The van der Waals surface area contributed by atoms with Crippen molar-refractivity contribution in [1.29, 1.82) is 0 Å². The van der Waals surface area contributed by atoms with Crippen LogP contribution in [0.3, 0.4) is 0 Å². The van der Waals surface area contributed by atoms with Crippen molar-refractivity contribution < 1.29 is 9.47 Å². The van der Waals surface area contributed by atoms with E-state index in [1.54, 1.807) is 7.11 Å². The maximum absolute atomic E-state index is 6.10. The molecule has 0 radical (unpaired) electrons. The van der Waals surface area contributed by atoms with Gasteiger partial charge in [-0.05, 0) is 55.3 Å². The normalized spacial score (nSPS) is 10.7. The summed E-state index contributed by atoms with van der Waals surface area (Å²) in [6.45, 7) is 4.28. The molecular weight excluding hydrogens is 414 g/mol. The van der Waals surface area contributed by atoms with Gasteiger partial charge in [-0.15, -0.1) is 0 Å². The lowest BCUT2D eigenvalue weighted by molar-refractivity contribution is 0.302. The first kappa shape index (κ1) is 20.4. The van der Waals surface area contributed by atoms with Crippen LogP contribution in [0.15, 0.2) is 71.2 Å². The maximum Gasteiger partial charge on any atom is 0.124 e. The van der Waals surface area contributed by atoms with Gasteiger partial charge in [-0.1, -0.05) is 64.0 Å². The molecule has 0 aliphatic heterocycles. The Morgan fingerprint density at radius 2 is 1.75 bits per heavy atom. The molecule has 28 heavy (non-hydrogen) atoms. The van der Waals surface area contributed by atoms with Gasteiger partial charge in [0.05, 0.1) is 7.11 Å². The van der Waals surface area contributed by atoms with E-state index < -0.39 is 0 Å².